The largest absolute Gasteiger partial charge is 0.396 e. The summed E-state index contributed by atoms with van der Waals surface area (Å²) < 4.78 is 0. The van der Waals surface area contributed by atoms with E-state index in [2.05, 4.69) is 11.2 Å². The highest BCUT2D eigenvalue weighted by Gasteiger charge is 2.01. The second-order valence-corrected chi connectivity index (χ2v) is 3.48. The van der Waals surface area contributed by atoms with Crippen LogP contribution in [-0.4, -0.2) is 24.2 Å². The average molecular weight is 197 g/mol. The van der Waals surface area contributed by atoms with E-state index in [1.165, 1.54) is 0 Å². The summed E-state index contributed by atoms with van der Waals surface area (Å²) in [4.78, 5) is 11.1. The van der Waals surface area contributed by atoms with Crippen molar-refractivity contribution in [2.45, 2.75) is 32.6 Å². The van der Waals surface area contributed by atoms with E-state index in [0.717, 1.165) is 12.8 Å². The Kier molecular flexibility index (Phi) is 7.96. The Morgan fingerprint density at radius 1 is 1.64 bits per heavy atom. The maximum Gasteiger partial charge on any atom is 0.220 e. The maximum absolute atomic E-state index is 11.1. The highest BCUT2D eigenvalue weighted by Crippen LogP contribution is 2.02. The minimum atomic E-state index is 0.0135. The van der Waals surface area contributed by atoms with Crippen molar-refractivity contribution < 1.29 is 9.90 Å². The van der Waals surface area contributed by atoms with Crippen LogP contribution in [0, 0.1) is 18.3 Å². The van der Waals surface area contributed by atoms with Crippen molar-refractivity contribution in [2.24, 2.45) is 5.92 Å². The van der Waals surface area contributed by atoms with E-state index in [1.807, 2.05) is 6.92 Å². The van der Waals surface area contributed by atoms with Crippen LogP contribution in [0.1, 0.15) is 32.6 Å². The van der Waals surface area contributed by atoms with Gasteiger partial charge in [-0.25, -0.2) is 0 Å². The molecule has 0 aromatic carbocycles. The fourth-order valence-corrected chi connectivity index (χ4v) is 1.04. The summed E-state index contributed by atoms with van der Waals surface area (Å²) in [5.74, 6) is 2.75. The zero-order valence-corrected chi connectivity index (χ0v) is 8.75. The smallest absolute Gasteiger partial charge is 0.220 e. The van der Waals surface area contributed by atoms with Crippen molar-refractivity contribution >= 4 is 5.91 Å². The molecule has 1 atom stereocenters. The zero-order valence-electron chi connectivity index (χ0n) is 8.75. The molecule has 0 spiro atoms. The van der Waals surface area contributed by atoms with Crippen LogP contribution >= 0.6 is 0 Å². The summed E-state index contributed by atoms with van der Waals surface area (Å²) >= 11 is 0. The van der Waals surface area contributed by atoms with Crippen molar-refractivity contribution in [3.05, 3.63) is 0 Å². The second-order valence-electron chi connectivity index (χ2n) is 3.48. The van der Waals surface area contributed by atoms with Gasteiger partial charge in [-0.3, -0.25) is 4.79 Å². The normalized spacial score (nSPS) is 11.8. The lowest BCUT2D eigenvalue weighted by molar-refractivity contribution is -0.120. The summed E-state index contributed by atoms with van der Waals surface area (Å²) in [5.41, 5.74) is 0. The number of aliphatic hydroxyl groups excluding tert-OH is 1. The number of aliphatic hydroxyl groups is 1. The predicted octanol–water partition coefficient (Wildman–Crippen LogP) is 0.925. The molecule has 0 radical (unpaired) electrons. The van der Waals surface area contributed by atoms with Crippen LogP contribution in [0.25, 0.3) is 0 Å². The molecule has 3 heteroatoms. The third-order valence-electron chi connectivity index (χ3n) is 2.00. The fourth-order valence-electron chi connectivity index (χ4n) is 1.04. The van der Waals surface area contributed by atoms with Crippen molar-refractivity contribution in [1.82, 2.24) is 5.32 Å². The van der Waals surface area contributed by atoms with E-state index >= 15 is 0 Å². The number of hydrogen-bond acceptors (Lipinski definition) is 2. The van der Waals surface area contributed by atoms with Gasteiger partial charge in [-0.2, -0.15) is 0 Å². The molecular weight excluding hydrogens is 178 g/mol. The maximum atomic E-state index is 11.1. The summed E-state index contributed by atoms with van der Waals surface area (Å²) in [6.07, 6.45) is 7.78. The van der Waals surface area contributed by atoms with Gasteiger partial charge in [0.05, 0.1) is 0 Å². The molecule has 1 amide bonds. The first-order valence-corrected chi connectivity index (χ1v) is 5.01. The van der Waals surface area contributed by atoms with Crippen LogP contribution in [-0.2, 0) is 4.79 Å². The van der Waals surface area contributed by atoms with Crippen LogP contribution in [0.15, 0.2) is 0 Å². The molecule has 80 valence electrons. The first-order valence-electron chi connectivity index (χ1n) is 5.01. The van der Waals surface area contributed by atoms with E-state index in [9.17, 15) is 4.79 Å². The van der Waals surface area contributed by atoms with Crippen molar-refractivity contribution in [1.29, 1.82) is 0 Å². The molecule has 2 N–H and O–H groups in total. The Hall–Kier alpha value is -1.01. The minimum Gasteiger partial charge on any atom is -0.396 e. The van der Waals surface area contributed by atoms with Gasteiger partial charge in [-0.15, -0.1) is 12.3 Å². The monoisotopic (exact) mass is 197 g/mol. The molecule has 0 heterocycles. The number of carbonyl (C=O) groups is 1. The molecule has 1 unspecified atom stereocenters. The van der Waals surface area contributed by atoms with Gasteiger partial charge < -0.3 is 10.4 Å². The van der Waals surface area contributed by atoms with E-state index < -0.39 is 0 Å². The second kappa shape index (κ2) is 8.58. The van der Waals surface area contributed by atoms with E-state index in [0.29, 0.717) is 25.3 Å². The molecule has 0 aliphatic rings. The first-order chi connectivity index (χ1) is 6.70. The number of amides is 1. The summed E-state index contributed by atoms with van der Waals surface area (Å²) in [5, 5.41) is 11.5. The molecule has 0 aromatic rings. The van der Waals surface area contributed by atoms with Gasteiger partial charge in [0.1, 0.15) is 0 Å². The quantitative estimate of drug-likeness (QED) is 0.471. The van der Waals surface area contributed by atoms with Crippen LogP contribution in [0.5, 0.6) is 0 Å². The van der Waals surface area contributed by atoms with Gasteiger partial charge in [0.15, 0.2) is 0 Å². The Labute approximate surface area is 85.9 Å². The third kappa shape index (κ3) is 7.63. The lowest BCUT2D eigenvalue weighted by Crippen LogP contribution is -2.24. The molecule has 0 bridgehead atoms. The molecule has 0 rings (SSSR count). The number of nitrogens with one attached hydrogen (secondary N) is 1. The number of hydrogen-bond donors (Lipinski definition) is 2. The van der Waals surface area contributed by atoms with Gasteiger partial charge in [-0.1, -0.05) is 6.92 Å². The minimum absolute atomic E-state index is 0.0135. The van der Waals surface area contributed by atoms with Gasteiger partial charge in [-0.05, 0) is 18.8 Å². The lowest BCUT2D eigenvalue weighted by Gasteiger charge is -2.07. The Morgan fingerprint density at radius 2 is 2.36 bits per heavy atom. The average Bonchev–Trinajstić information content (AvgIpc) is 2.21. The molecule has 14 heavy (non-hydrogen) atoms. The topological polar surface area (TPSA) is 49.3 Å². The first kappa shape index (κ1) is 13.0. The number of carbonyl (C=O) groups excluding carboxylic acids is 1. The summed E-state index contributed by atoms with van der Waals surface area (Å²) in [6.45, 7) is 2.87. The molecule has 0 aliphatic heterocycles. The molecule has 0 saturated carbocycles. The van der Waals surface area contributed by atoms with Crippen LogP contribution in [0.4, 0.5) is 0 Å². The Morgan fingerprint density at radius 3 is 2.93 bits per heavy atom. The third-order valence-corrected chi connectivity index (χ3v) is 2.00. The van der Waals surface area contributed by atoms with Crippen LogP contribution in [0.2, 0.25) is 0 Å². The van der Waals surface area contributed by atoms with Gasteiger partial charge in [0.2, 0.25) is 5.91 Å². The van der Waals surface area contributed by atoms with E-state index in [1.54, 1.807) is 0 Å². The molecule has 0 fully saturated rings. The summed E-state index contributed by atoms with van der Waals surface area (Å²) in [7, 11) is 0. The molecule has 3 nitrogen and oxygen atoms in total. The fraction of sp³-hybridized carbons (Fsp3) is 0.727. The molecule has 0 aromatic heterocycles. The molecular formula is C11H19NO2. The zero-order chi connectivity index (χ0) is 10.8. The predicted molar refractivity (Wildman–Crippen MR) is 56.6 cm³/mol. The SMILES string of the molecule is C#CCCC(=O)NCCCC(C)CO. The van der Waals surface area contributed by atoms with Crippen molar-refractivity contribution in [2.75, 3.05) is 13.2 Å². The van der Waals surface area contributed by atoms with Gasteiger partial charge in [0, 0.05) is 26.0 Å². The highest BCUT2D eigenvalue weighted by molar-refractivity contribution is 5.76. The number of rotatable bonds is 7. The van der Waals surface area contributed by atoms with Crippen molar-refractivity contribution in [3.63, 3.8) is 0 Å². The highest BCUT2D eigenvalue weighted by atomic mass is 16.3. The van der Waals surface area contributed by atoms with Gasteiger partial charge >= 0.3 is 0 Å². The lowest BCUT2D eigenvalue weighted by atomic mass is 10.1. The Bertz CT molecular complexity index is 196. The number of terminal acetylenes is 1. The molecule has 0 aliphatic carbocycles. The molecule has 0 saturated heterocycles. The van der Waals surface area contributed by atoms with E-state index in [-0.39, 0.29) is 12.5 Å². The Balaban J connectivity index is 3.28. The van der Waals surface area contributed by atoms with Crippen LogP contribution in [0.3, 0.4) is 0 Å². The van der Waals surface area contributed by atoms with Gasteiger partial charge in [0.25, 0.3) is 0 Å². The van der Waals surface area contributed by atoms with Crippen molar-refractivity contribution in [3.8, 4) is 12.3 Å². The summed E-state index contributed by atoms with van der Waals surface area (Å²) in [6, 6.07) is 0. The van der Waals surface area contributed by atoms with Crippen LogP contribution < -0.4 is 5.32 Å². The standard InChI is InChI=1S/C11H19NO2/c1-3-4-7-11(14)12-8-5-6-10(2)9-13/h1,10,13H,4-9H2,2H3,(H,12,14). The van der Waals surface area contributed by atoms with E-state index in [4.69, 9.17) is 11.5 Å².